The van der Waals surface area contributed by atoms with Crippen LogP contribution >= 0.6 is 0 Å². The van der Waals surface area contributed by atoms with E-state index in [4.69, 9.17) is 9.68 Å². The Kier molecular flexibility index (Phi) is 3.91. The van der Waals surface area contributed by atoms with E-state index < -0.39 is 4.92 Å². The van der Waals surface area contributed by atoms with Crippen LogP contribution in [-0.2, 0) is 13.0 Å². The molecule has 0 radical (unpaired) electrons. The second-order valence-electron chi connectivity index (χ2n) is 3.86. The molecule has 0 spiro atoms. The summed E-state index contributed by atoms with van der Waals surface area (Å²) in [7, 11) is 0. The van der Waals surface area contributed by atoms with Crippen LogP contribution in [0.25, 0.3) is 0 Å². The lowest BCUT2D eigenvalue weighted by Crippen LogP contribution is -2.04. The molecule has 2 heterocycles. The number of nitrogens with one attached hydrogen (secondary N) is 1. The van der Waals surface area contributed by atoms with Crippen molar-refractivity contribution in [2.75, 3.05) is 5.32 Å². The highest BCUT2D eigenvalue weighted by Crippen LogP contribution is 2.18. The molecule has 2 aromatic rings. The van der Waals surface area contributed by atoms with Crippen LogP contribution in [0.5, 0.6) is 0 Å². The smallest absolute Gasteiger partial charge is 0.305 e. The molecule has 8 nitrogen and oxygen atoms in total. The van der Waals surface area contributed by atoms with Crippen molar-refractivity contribution in [3.05, 3.63) is 45.8 Å². The maximum absolute atomic E-state index is 10.7. The molecule has 0 fully saturated rings. The molecular weight excluding hydrogens is 262 g/mol. The van der Waals surface area contributed by atoms with Gasteiger partial charge in [0.2, 0.25) is 11.6 Å². The number of nitro groups is 1. The van der Waals surface area contributed by atoms with Crippen molar-refractivity contribution < 1.29 is 9.34 Å². The molecule has 0 saturated carbocycles. The summed E-state index contributed by atoms with van der Waals surface area (Å²) in [6, 6.07) is 4.37. The molecule has 0 aliphatic heterocycles. The Morgan fingerprint density at radius 2 is 2.35 bits per heavy atom. The molecule has 0 aliphatic rings. The van der Waals surface area contributed by atoms with E-state index in [1.807, 2.05) is 6.92 Å². The van der Waals surface area contributed by atoms with Gasteiger partial charge >= 0.3 is 5.69 Å². The molecule has 0 atom stereocenters. The van der Waals surface area contributed by atoms with Gasteiger partial charge in [-0.1, -0.05) is 6.92 Å². The third-order valence-electron chi connectivity index (χ3n) is 2.55. The molecule has 0 aromatic carbocycles. The van der Waals surface area contributed by atoms with Gasteiger partial charge in [-0.2, -0.15) is 5.26 Å². The Bertz CT molecular complexity index is 674. The highest BCUT2D eigenvalue weighted by atomic mass is 16.6. The summed E-state index contributed by atoms with van der Waals surface area (Å²) in [5, 5.41) is 22.4. The van der Waals surface area contributed by atoms with E-state index in [1.54, 1.807) is 12.3 Å². The molecule has 2 rings (SSSR count). The number of nitrogens with zero attached hydrogens (tertiary/aromatic N) is 4. The Labute approximate surface area is 114 Å². The number of rotatable bonds is 5. The summed E-state index contributed by atoms with van der Waals surface area (Å²) in [6.07, 6.45) is 2.39. The van der Waals surface area contributed by atoms with E-state index in [2.05, 4.69) is 15.3 Å². The van der Waals surface area contributed by atoms with Crippen molar-refractivity contribution in [3.8, 4) is 6.07 Å². The zero-order chi connectivity index (χ0) is 14.5. The van der Waals surface area contributed by atoms with Gasteiger partial charge in [-0.15, -0.1) is 0 Å². The Morgan fingerprint density at radius 1 is 1.55 bits per heavy atom. The van der Waals surface area contributed by atoms with Crippen LogP contribution in [0, 0.1) is 21.4 Å². The minimum Gasteiger partial charge on any atom is -0.444 e. The molecule has 0 saturated heterocycles. The molecular formula is C12H11N5O3. The monoisotopic (exact) mass is 273 g/mol. The van der Waals surface area contributed by atoms with Gasteiger partial charge in [0, 0.05) is 12.5 Å². The van der Waals surface area contributed by atoms with Crippen molar-refractivity contribution in [2.24, 2.45) is 0 Å². The van der Waals surface area contributed by atoms with Gasteiger partial charge in [-0.25, -0.2) is 9.97 Å². The molecule has 0 amide bonds. The van der Waals surface area contributed by atoms with E-state index in [0.29, 0.717) is 11.7 Å². The highest BCUT2D eigenvalue weighted by Gasteiger charge is 2.15. The van der Waals surface area contributed by atoms with Gasteiger partial charge in [0.05, 0.1) is 17.7 Å². The fourth-order valence-corrected chi connectivity index (χ4v) is 1.54. The zero-order valence-corrected chi connectivity index (χ0v) is 10.7. The Balaban J connectivity index is 2.10. The third kappa shape index (κ3) is 2.89. The predicted octanol–water partition coefficient (Wildman–Crippen LogP) is 2.02. The summed E-state index contributed by atoms with van der Waals surface area (Å²) >= 11 is 0. The number of nitriles is 1. The summed E-state index contributed by atoms with van der Waals surface area (Å²) in [5.74, 6) is 1.61. The minimum absolute atomic E-state index is 0.235. The topological polar surface area (TPSA) is 118 Å². The first-order valence-electron chi connectivity index (χ1n) is 5.87. The van der Waals surface area contributed by atoms with Crippen LogP contribution in [-0.4, -0.2) is 14.9 Å². The molecule has 0 bridgehead atoms. The number of anilines is 1. The van der Waals surface area contributed by atoms with Crippen molar-refractivity contribution >= 4 is 11.5 Å². The molecule has 102 valence electrons. The molecule has 0 aliphatic carbocycles. The summed E-state index contributed by atoms with van der Waals surface area (Å²) in [6.45, 7) is 2.24. The quantitative estimate of drug-likeness (QED) is 0.653. The SMILES string of the molecule is CCc1cnc(CNc2ccc([N+](=O)[O-])c(C#N)n2)o1. The van der Waals surface area contributed by atoms with Gasteiger partial charge in [0.1, 0.15) is 17.6 Å². The Morgan fingerprint density at radius 3 is 2.95 bits per heavy atom. The molecule has 0 unspecified atom stereocenters. The van der Waals surface area contributed by atoms with Crippen LogP contribution in [0.3, 0.4) is 0 Å². The van der Waals surface area contributed by atoms with E-state index >= 15 is 0 Å². The Hall–Kier alpha value is -2.95. The van der Waals surface area contributed by atoms with Crippen molar-refractivity contribution in [1.29, 1.82) is 5.26 Å². The minimum atomic E-state index is -0.642. The largest absolute Gasteiger partial charge is 0.444 e. The predicted molar refractivity (Wildman–Crippen MR) is 68.8 cm³/mol. The lowest BCUT2D eigenvalue weighted by molar-refractivity contribution is -0.385. The molecule has 1 N–H and O–H groups in total. The first-order valence-corrected chi connectivity index (χ1v) is 5.87. The summed E-state index contributed by atoms with van der Waals surface area (Å²) in [4.78, 5) is 18.0. The van der Waals surface area contributed by atoms with Crippen LogP contribution in [0.4, 0.5) is 11.5 Å². The number of hydrogen-bond acceptors (Lipinski definition) is 7. The van der Waals surface area contributed by atoms with Gasteiger partial charge in [-0.3, -0.25) is 10.1 Å². The zero-order valence-electron chi connectivity index (χ0n) is 10.7. The number of oxazole rings is 1. The fraction of sp³-hybridized carbons (Fsp3) is 0.250. The number of aromatic nitrogens is 2. The van der Waals surface area contributed by atoms with E-state index in [1.165, 1.54) is 12.1 Å². The average Bonchev–Trinajstić information content (AvgIpc) is 2.92. The van der Waals surface area contributed by atoms with Crippen molar-refractivity contribution in [1.82, 2.24) is 9.97 Å². The van der Waals surface area contributed by atoms with Crippen LogP contribution in [0.15, 0.2) is 22.7 Å². The second-order valence-corrected chi connectivity index (χ2v) is 3.86. The van der Waals surface area contributed by atoms with Gasteiger partial charge in [0.25, 0.3) is 0 Å². The number of pyridine rings is 1. The second kappa shape index (κ2) is 5.79. The average molecular weight is 273 g/mol. The molecule has 2 aromatic heterocycles. The van der Waals surface area contributed by atoms with Crippen molar-refractivity contribution in [3.63, 3.8) is 0 Å². The third-order valence-corrected chi connectivity index (χ3v) is 2.55. The molecule has 20 heavy (non-hydrogen) atoms. The summed E-state index contributed by atoms with van der Waals surface area (Å²) < 4.78 is 5.40. The van der Waals surface area contributed by atoms with E-state index in [9.17, 15) is 10.1 Å². The summed E-state index contributed by atoms with van der Waals surface area (Å²) in [5.41, 5.74) is -0.552. The lowest BCUT2D eigenvalue weighted by Gasteiger charge is -2.03. The van der Waals surface area contributed by atoms with Crippen LogP contribution in [0.2, 0.25) is 0 Å². The highest BCUT2D eigenvalue weighted by molar-refractivity contribution is 5.50. The first kappa shape index (κ1) is 13.5. The van der Waals surface area contributed by atoms with Gasteiger partial charge < -0.3 is 9.73 Å². The maximum atomic E-state index is 10.7. The normalized spacial score (nSPS) is 10.0. The van der Waals surface area contributed by atoms with E-state index in [0.717, 1.165) is 12.2 Å². The van der Waals surface area contributed by atoms with E-state index in [-0.39, 0.29) is 17.9 Å². The van der Waals surface area contributed by atoms with Crippen LogP contribution in [0.1, 0.15) is 24.3 Å². The standard InChI is InChI=1S/C12H11N5O3/c1-2-8-6-15-12(20-8)7-14-11-4-3-10(17(18)19)9(5-13)16-11/h3-4,6H,2,7H2,1H3,(H,14,16). The number of aryl methyl sites for hydroxylation is 1. The number of hydrogen-bond donors (Lipinski definition) is 1. The van der Waals surface area contributed by atoms with Crippen LogP contribution < -0.4 is 5.32 Å². The molecule has 8 heteroatoms. The first-order chi connectivity index (χ1) is 9.63. The van der Waals surface area contributed by atoms with Crippen molar-refractivity contribution in [2.45, 2.75) is 19.9 Å². The van der Waals surface area contributed by atoms with Gasteiger partial charge in [0.15, 0.2) is 0 Å². The fourth-order valence-electron chi connectivity index (χ4n) is 1.54. The lowest BCUT2D eigenvalue weighted by atomic mass is 10.3. The maximum Gasteiger partial charge on any atom is 0.305 e. The van der Waals surface area contributed by atoms with Gasteiger partial charge in [-0.05, 0) is 6.07 Å².